The summed E-state index contributed by atoms with van der Waals surface area (Å²) in [5.41, 5.74) is 2.56. The Morgan fingerprint density at radius 1 is 1.07 bits per heavy atom. The topological polar surface area (TPSA) is 83.0 Å². The van der Waals surface area contributed by atoms with Gasteiger partial charge in [-0.05, 0) is 37.1 Å². The van der Waals surface area contributed by atoms with Gasteiger partial charge in [-0.1, -0.05) is 30.7 Å². The maximum atomic E-state index is 11.0. The van der Waals surface area contributed by atoms with Crippen molar-refractivity contribution in [1.82, 2.24) is 15.5 Å². The molecule has 1 saturated heterocycles. The fourth-order valence-electron chi connectivity index (χ4n) is 3.10. The first-order valence-corrected chi connectivity index (χ1v) is 12.0. The van der Waals surface area contributed by atoms with Gasteiger partial charge in [0.1, 0.15) is 9.84 Å². The molecule has 1 aromatic carbocycles. The van der Waals surface area contributed by atoms with E-state index < -0.39 is 9.84 Å². The van der Waals surface area contributed by atoms with Gasteiger partial charge in [0.05, 0.1) is 19.0 Å². The second kappa shape index (κ2) is 14.2. The third kappa shape index (κ3) is 11.8. The fraction of sp³-hybridized carbons (Fsp3) is 0.650. The number of hydrogen-bond donors (Lipinski definition) is 2. The van der Waals surface area contributed by atoms with Crippen molar-refractivity contribution in [2.45, 2.75) is 32.4 Å². The number of benzene rings is 1. The summed E-state index contributed by atoms with van der Waals surface area (Å²) in [6.45, 7) is 5.37. The number of piperidine rings is 1. The Hall–Kier alpha value is -0.910. The summed E-state index contributed by atoms with van der Waals surface area (Å²) in [6.07, 6.45) is 5.21. The van der Waals surface area contributed by atoms with Crippen molar-refractivity contribution >= 4 is 39.8 Å². The summed E-state index contributed by atoms with van der Waals surface area (Å²) in [5, 5.41) is 6.44. The van der Waals surface area contributed by atoms with Gasteiger partial charge in [0.15, 0.2) is 5.96 Å². The number of aliphatic imine (C=N–C) groups is 1. The molecule has 2 rings (SSSR count). The lowest BCUT2D eigenvalue weighted by molar-refractivity contribution is 0.154. The molecule has 1 aliphatic heterocycles. The predicted molar refractivity (Wildman–Crippen MR) is 130 cm³/mol. The van der Waals surface area contributed by atoms with E-state index in [1.165, 1.54) is 49.7 Å². The molecule has 1 heterocycles. The quantitative estimate of drug-likeness (QED) is 0.205. The lowest BCUT2D eigenvalue weighted by atomic mass is 10.1. The van der Waals surface area contributed by atoms with Crippen LogP contribution < -0.4 is 10.6 Å². The second-order valence-corrected chi connectivity index (χ2v) is 9.51. The molecule has 0 saturated carbocycles. The van der Waals surface area contributed by atoms with E-state index in [9.17, 15) is 8.42 Å². The van der Waals surface area contributed by atoms with Gasteiger partial charge < -0.3 is 15.4 Å². The third-order valence-corrected chi connectivity index (χ3v) is 5.61. The van der Waals surface area contributed by atoms with Crippen LogP contribution in [0, 0.1) is 0 Å². The summed E-state index contributed by atoms with van der Waals surface area (Å²) >= 11 is 0. The predicted octanol–water partition coefficient (Wildman–Crippen LogP) is 2.02. The van der Waals surface area contributed by atoms with E-state index in [2.05, 4.69) is 44.8 Å². The molecule has 9 heteroatoms. The number of nitrogens with zero attached hydrogens (tertiary/aromatic N) is 2. The molecule has 0 aliphatic carbocycles. The van der Waals surface area contributed by atoms with Crippen LogP contribution >= 0.6 is 24.0 Å². The Morgan fingerprint density at radius 2 is 1.72 bits per heavy atom. The minimum atomic E-state index is -2.97. The molecule has 2 N–H and O–H groups in total. The summed E-state index contributed by atoms with van der Waals surface area (Å²) in [4.78, 5) is 6.72. The highest BCUT2D eigenvalue weighted by Crippen LogP contribution is 2.13. The average Bonchev–Trinajstić information content (AvgIpc) is 2.68. The number of nitrogens with one attached hydrogen (secondary N) is 2. The summed E-state index contributed by atoms with van der Waals surface area (Å²) in [6, 6.07) is 8.73. The number of rotatable bonds is 10. The smallest absolute Gasteiger partial charge is 0.191 e. The van der Waals surface area contributed by atoms with Crippen LogP contribution in [-0.2, 0) is 27.7 Å². The van der Waals surface area contributed by atoms with Crippen molar-refractivity contribution in [2.24, 2.45) is 4.99 Å². The molecule has 29 heavy (non-hydrogen) atoms. The van der Waals surface area contributed by atoms with Crippen molar-refractivity contribution < 1.29 is 13.2 Å². The van der Waals surface area contributed by atoms with E-state index in [1.54, 1.807) is 7.05 Å². The number of guanidine groups is 1. The van der Waals surface area contributed by atoms with Gasteiger partial charge in [-0.25, -0.2) is 8.42 Å². The van der Waals surface area contributed by atoms with Crippen LogP contribution in [0.2, 0.25) is 0 Å². The zero-order chi connectivity index (χ0) is 20.2. The molecular weight excluding hydrogens is 503 g/mol. The Labute approximate surface area is 192 Å². The van der Waals surface area contributed by atoms with E-state index >= 15 is 0 Å². The highest BCUT2D eigenvalue weighted by Gasteiger charge is 2.10. The summed E-state index contributed by atoms with van der Waals surface area (Å²) in [7, 11) is -1.24. The van der Waals surface area contributed by atoms with Crippen molar-refractivity contribution in [3.63, 3.8) is 0 Å². The Balaban J connectivity index is 0.00000420. The molecule has 0 aromatic heterocycles. The first kappa shape index (κ1) is 26.1. The number of halogens is 1. The monoisotopic (exact) mass is 538 g/mol. The van der Waals surface area contributed by atoms with Gasteiger partial charge in [0.25, 0.3) is 0 Å². The van der Waals surface area contributed by atoms with Gasteiger partial charge in [0.2, 0.25) is 0 Å². The normalized spacial score (nSPS) is 15.6. The summed E-state index contributed by atoms with van der Waals surface area (Å²) < 4.78 is 27.4. The largest absolute Gasteiger partial charge is 0.379 e. The van der Waals surface area contributed by atoms with Gasteiger partial charge in [-0.3, -0.25) is 9.89 Å². The molecule has 166 valence electrons. The van der Waals surface area contributed by atoms with Gasteiger partial charge in [-0.15, -0.1) is 24.0 Å². The standard InChI is InChI=1S/C20H34N4O3S.HI/c1-21-20(22-10-13-27-14-15-28(2,25)26)23-16-18-6-8-19(9-7-18)17-24-11-4-3-5-12-24;/h6-9H,3-5,10-17H2,1-2H3,(H2,21,22,23);1H. The first-order valence-electron chi connectivity index (χ1n) is 9.96. The van der Waals surface area contributed by atoms with Gasteiger partial charge in [-0.2, -0.15) is 0 Å². The van der Waals surface area contributed by atoms with Crippen LogP contribution in [0.15, 0.2) is 29.3 Å². The van der Waals surface area contributed by atoms with Crippen LogP contribution in [0.25, 0.3) is 0 Å². The Bertz CT molecular complexity index is 705. The van der Waals surface area contributed by atoms with Crippen LogP contribution in [0.1, 0.15) is 30.4 Å². The van der Waals surface area contributed by atoms with Crippen LogP contribution in [0.4, 0.5) is 0 Å². The molecule has 1 aliphatic rings. The number of ether oxygens (including phenoxy) is 1. The minimum absolute atomic E-state index is 0. The van der Waals surface area contributed by atoms with E-state index in [0.717, 1.165) is 6.54 Å². The molecule has 0 amide bonds. The molecule has 0 bridgehead atoms. The molecule has 1 fully saturated rings. The van der Waals surface area contributed by atoms with Crippen molar-refractivity contribution in [3.8, 4) is 0 Å². The lowest BCUT2D eigenvalue weighted by Crippen LogP contribution is -2.38. The SMILES string of the molecule is CN=C(NCCOCCS(C)(=O)=O)NCc1ccc(CN2CCCCC2)cc1.I. The van der Waals surface area contributed by atoms with Crippen molar-refractivity contribution in [2.75, 3.05) is 51.9 Å². The number of sulfone groups is 1. The highest BCUT2D eigenvalue weighted by molar-refractivity contribution is 14.0. The maximum Gasteiger partial charge on any atom is 0.191 e. The number of hydrogen-bond acceptors (Lipinski definition) is 5. The van der Waals surface area contributed by atoms with E-state index in [1.807, 2.05) is 0 Å². The lowest BCUT2D eigenvalue weighted by Gasteiger charge is -2.26. The minimum Gasteiger partial charge on any atom is -0.379 e. The molecule has 0 radical (unpaired) electrons. The van der Waals surface area contributed by atoms with Crippen LogP contribution in [0.3, 0.4) is 0 Å². The molecule has 0 atom stereocenters. The van der Waals surface area contributed by atoms with Crippen molar-refractivity contribution in [3.05, 3.63) is 35.4 Å². The first-order chi connectivity index (χ1) is 13.5. The van der Waals surface area contributed by atoms with Crippen molar-refractivity contribution in [1.29, 1.82) is 0 Å². The average molecular weight is 538 g/mol. The highest BCUT2D eigenvalue weighted by atomic mass is 127. The van der Waals surface area contributed by atoms with Gasteiger partial charge in [0, 0.05) is 32.9 Å². The second-order valence-electron chi connectivity index (χ2n) is 7.25. The molecule has 0 unspecified atom stereocenters. The van der Waals surface area contributed by atoms with Gasteiger partial charge >= 0.3 is 0 Å². The number of likely N-dealkylation sites (tertiary alicyclic amines) is 1. The zero-order valence-electron chi connectivity index (χ0n) is 17.5. The van der Waals surface area contributed by atoms with E-state index in [0.29, 0.717) is 25.7 Å². The third-order valence-electron chi connectivity index (χ3n) is 4.70. The summed E-state index contributed by atoms with van der Waals surface area (Å²) in [5.74, 6) is 0.748. The maximum absolute atomic E-state index is 11.0. The molecule has 7 nitrogen and oxygen atoms in total. The van der Waals surface area contributed by atoms with E-state index in [-0.39, 0.29) is 36.3 Å². The van der Waals surface area contributed by atoms with E-state index in [4.69, 9.17) is 4.74 Å². The van der Waals surface area contributed by atoms with Crippen LogP contribution in [0.5, 0.6) is 0 Å². The molecule has 1 aromatic rings. The molecular formula is C20H35IN4O3S. The van der Waals surface area contributed by atoms with Crippen LogP contribution in [-0.4, -0.2) is 71.2 Å². The molecule has 0 spiro atoms. The zero-order valence-corrected chi connectivity index (χ0v) is 20.7. The Morgan fingerprint density at radius 3 is 2.34 bits per heavy atom. The fourth-order valence-corrected chi connectivity index (χ4v) is 3.52. The Kier molecular flexibility index (Phi) is 12.8.